The van der Waals surface area contributed by atoms with Crippen molar-refractivity contribution in [2.75, 3.05) is 11.4 Å². The largest absolute Gasteiger partial charge is 0.360 e. The van der Waals surface area contributed by atoms with Gasteiger partial charge in [0, 0.05) is 11.7 Å². The van der Waals surface area contributed by atoms with Crippen LogP contribution in [0.5, 0.6) is 0 Å². The number of carbonyl (C=O) groups is 2. The second kappa shape index (κ2) is 7.36. The monoisotopic (exact) mass is 382 g/mol. The van der Waals surface area contributed by atoms with Crippen molar-refractivity contribution in [2.45, 2.75) is 57.8 Å². The lowest BCUT2D eigenvalue weighted by Gasteiger charge is -2.25. The Kier molecular flexibility index (Phi) is 5.04. The van der Waals surface area contributed by atoms with Crippen molar-refractivity contribution in [1.82, 2.24) is 5.32 Å². The highest BCUT2D eigenvalue weighted by Gasteiger charge is 2.67. The second-order valence-corrected chi connectivity index (χ2v) is 8.89. The minimum absolute atomic E-state index is 0.00865. The lowest BCUT2D eigenvalue weighted by molar-refractivity contribution is -0.132. The number of amides is 2. The second-order valence-electron chi connectivity index (χ2n) is 8.89. The molecule has 0 saturated carbocycles. The van der Waals surface area contributed by atoms with E-state index in [0.29, 0.717) is 12.5 Å². The first kappa shape index (κ1) is 19.2. The Hall–Kier alpha value is -2.14. The third-order valence-corrected chi connectivity index (χ3v) is 6.28. The number of fused-ring (bicyclic) bond motifs is 1. The average Bonchev–Trinajstić information content (AvgIpc) is 3.30. The first-order valence-electron chi connectivity index (χ1n) is 10.5. The predicted octanol–water partition coefficient (Wildman–Crippen LogP) is 3.30. The maximum atomic E-state index is 13.3. The van der Waals surface area contributed by atoms with Gasteiger partial charge in [-0.1, -0.05) is 57.0 Å². The molecule has 1 aromatic carbocycles. The molecule has 5 heteroatoms. The number of ether oxygens (including phenoxy) is 1. The van der Waals surface area contributed by atoms with E-state index in [1.54, 1.807) is 4.90 Å². The van der Waals surface area contributed by atoms with Crippen molar-refractivity contribution in [1.29, 1.82) is 0 Å². The van der Waals surface area contributed by atoms with Crippen LogP contribution in [0.15, 0.2) is 42.5 Å². The predicted molar refractivity (Wildman–Crippen MR) is 109 cm³/mol. The van der Waals surface area contributed by atoms with Gasteiger partial charge in [0.25, 0.3) is 0 Å². The lowest BCUT2D eigenvalue weighted by atomic mass is 9.76. The average molecular weight is 383 g/mol. The fraction of sp³-hybridized carbons (Fsp3) is 0.565. The van der Waals surface area contributed by atoms with E-state index in [2.05, 4.69) is 19.2 Å². The summed E-state index contributed by atoms with van der Waals surface area (Å²) < 4.78 is 6.20. The summed E-state index contributed by atoms with van der Waals surface area (Å²) >= 11 is 0. The van der Waals surface area contributed by atoms with Crippen LogP contribution in [0.25, 0.3) is 0 Å². The Morgan fingerprint density at radius 2 is 2.00 bits per heavy atom. The van der Waals surface area contributed by atoms with Gasteiger partial charge in [-0.2, -0.15) is 0 Å². The van der Waals surface area contributed by atoms with Gasteiger partial charge in [-0.25, -0.2) is 0 Å². The number of para-hydroxylation sites is 1. The van der Waals surface area contributed by atoms with Gasteiger partial charge in [0.05, 0.1) is 24.5 Å². The van der Waals surface area contributed by atoms with Crippen molar-refractivity contribution in [3.8, 4) is 0 Å². The summed E-state index contributed by atoms with van der Waals surface area (Å²) in [5.41, 5.74) is 0.193. The molecule has 1 spiro atoms. The highest BCUT2D eigenvalue weighted by molar-refractivity contribution is 6.03. The summed E-state index contributed by atoms with van der Waals surface area (Å²) in [5, 5.41) is 3.14. The minimum atomic E-state index is -0.666. The fourth-order valence-corrected chi connectivity index (χ4v) is 4.87. The van der Waals surface area contributed by atoms with Gasteiger partial charge in [0.1, 0.15) is 5.60 Å². The maximum absolute atomic E-state index is 13.3. The molecule has 0 unspecified atom stereocenters. The van der Waals surface area contributed by atoms with Crippen molar-refractivity contribution >= 4 is 17.5 Å². The molecule has 0 aliphatic carbocycles. The molecule has 1 N–H and O–H groups in total. The summed E-state index contributed by atoms with van der Waals surface area (Å²) in [5.74, 6) is -0.275. The molecule has 1 aromatic rings. The van der Waals surface area contributed by atoms with Crippen LogP contribution in [0, 0.1) is 17.8 Å². The molecular formula is C23H30N2O3. The third-order valence-electron chi connectivity index (χ3n) is 6.28. The molecule has 150 valence electrons. The van der Waals surface area contributed by atoms with Crippen molar-refractivity contribution < 1.29 is 14.3 Å². The summed E-state index contributed by atoms with van der Waals surface area (Å²) in [4.78, 5) is 28.1. The van der Waals surface area contributed by atoms with E-state index in [0.717, 1.165) is 24.9 Å². The quantitative estimate of drug-likeness (QED) is 0.736. The molecule has 3 heterocycles. The Morgan fingerprint density at radius 1 is 1.25 bits per heavy atom. The number of anilines is 1. The zero-order chi connectivity index (χ0) is 19.9. The van der Waals surface area contributed by atoms with Crippen molar-refractivity contribution in [3.63, 3.8) is 0 Å². The molecular weight excluding hydrogens is 352 g/mol. The normalized spacial score (nSPS) is 31.5. The molecule has 28 heavy (non-hydrogen) atoms. The van der Waals surface area contributed by atoms with Crippen LogP contribution in [0.2, 0.25) is 0 Å². The van der Waals surface area contributed by atoms with Crippen LogP contribution >= 0.6 is 0 Å². The van der Waals surface area contributed by atoms with Crippen LogP contribution in [0.1, 0.15) is 40.0 Å². The molecule has 0 radical (unpaired) electrons. The van der Waals surface area contributed by atoms with Crippen LogP contribution in [-0.4, -0.2) is 36.1 Å². The first-order valence-corrected chi connectivity index (χ1v) is 10.5. The first-order chi connectivity index (χ1) is 13.4. The molecule has 5 atom stereocenters. The van der Waals surface area contributed by atoms with Gasteiger partial charge in [0.2, 0.25) is 11.8 Å². The molecule has 4 rings (SSSR count). The van der Waals surface area contributed by atoms with Crippen molar-refractivity contribution in [2.24, 2.45) is 17.8 Å². The Labute approximate surface area is 167 Å². The van der Waals surface area contributed by atoms with Gasteiger partial charge < -0.3 is 15.0 Å². The number of carbonyl (C=O) groups excluding carboxylic acids is 2. The molecule has 2 amide bonds. The number of rotatable bonds is 7. The van der Waals surface area contributed by atoms with E-state index < -0.39 is 17.4 Å². The Balaban J connectivity index is 1.47. The summed E-state index contributed by atoms with van der Waals surface area (Å²) in [6.45, 7) is 6.95. The van der Waals surface area contributed by atoms with E-state index >= 15 is 0 Å². The Bertz CT molecular complexity index is 775. The van der Waals surface area contributed by atoms with E-state index in [4.69, 9.17) is 4.74 Å². The minimum Gasteiger partial charge on any atom is -0.360 e. The number of nitrogens with zero attached hydrogens (tertiary/aromatic N) is 1. The molecule has 3 aliphatic heterocycles. The SMILES string of the molecule is CC(C)CCC[C@H](C)NC(=O)[C@H]1[C@H]2C=C[C@]3(CN(c4ccccc4)C(=O)[C@@H]13)O2. The number of benzene rings is 1. The molecule has 2 fully saturated rings. The zero-order valence-corrected chi connectivity index (χ0v) is 16.9. The van der Waals surface area contributed by atoms with Gasteiger partial charge in [-0.05, 0) is 31.4 Å². The molecule has 3 aliphatic rings. The highest BCUT2D eigenvalue weighted by Crippen LogP contribution is 2.52. The van der Waals surface area contributed by atoms with Gasteiger partial charge in [-0.15, -0.1) is 0 Å². The molecule has 0 aromatic heterocycles. The van der Waals surface area contributed by atoms with Gasteiger partial charge in [0.15, 0.2) is 0 Å². The van der Waals surface area contributed by atoms with E-state index in [1.807, 2.05) is 49.4 Å². The van der Waals surface area contributed by atoms with Crippen LogP contribution < -0.4 is 10.2 Å². The summed E-state index contributed by atoms with van der Waals surface area (Å²) in [7, 11) is 0. The third kappa shape index (κ3) is 3.26. The topological polar surface area (TPSA) is 58.6 Å². The summed E-state index contributed by atoms with van der Waals surface area (Å²) in [6, 6.07) is 9.74. The van der Waals surface area contributed by atoms with E-state index in [-0.39, 0.29) is 24.0 Å². The number of hydrogen-bond donors (Lipinski definition) is 1. The number of hydrogen-bond acceptors (Lipinski definition) is 3. The zero-order valence-electron chi connectivity index (χ0n) is 16.9. The molecule has 5 nitrogen and oxygen atoms in total. The standard InChI is InChI=1S/C23H30N2O3/c1-15(2)8-7-9-16(3)24-21(26)19-18-12-13-23(28-18)14-25(22(27)20(19)23)17-10-5-4-6-11-17/h4-6,10-13,15-16,18-20H,7-9,14H2,1-3H3,(H,24,26)/t16-,18+,19-,20+,23+/m0/s1. The summed E-state index contributed by atoms with van der Waals surface area (Å²) in [6.07, 6.45) is 6.88. The Morgan fingerprint density at radius 3 is 2.71 bits per heavy atom. The smallest absolute Gasteiger partial charge is 0.234 e. The van der Waals surface area contributed by atoms with Crippen molar-refractivity contribution in [3.05, 3.63) is 42.5 Å². The van der Waals surface area contributed by atoms with Gasteiger partial charge in [-0.3, -0.25) is 9.59 Å². The van der Waals surface area contributed by atoms with E-state index in [9.17, 15) is 9.59 Å². The molecule has 2 saturated heterocycles. The van der Waals surface area contributed by atoms with Crippen LogP contribution in [0.4, 0.5) is 5.69 Å². The lowest BCUT2D eigenvalue weighted by Crippen LogP contribution is -2.46. The molecule has 2 bridgehead atoms. The van der Waals surface area contributed by atoms with Gasteiger partial charge >= 0.3 is 0 Å². The number of nitrogens with one attached hydrogen (secondary N) is 1. The fourth-order valence-electron chi connectivity index (χ4n) is 4.87. The van der Waals surface area contributed by atoms with E-state index in [1.165, 1.54) is 0 Å². The maximum Gasteiger partial charge on any atom is 0.234 e. The van der Waals surface area contributed by atoms with Crippen LogP contribution in [0.3, 0.4) is 0 Å². The van der Waals surface area contributed by atoms with Crippen LogP contribution in [-0.2, 0) is 14.3 Å². The highest BCUT2D eigenvalue weighted by atomic mass is 16.5.